The second-order valence-corrected chi connectivity index (χ2v) is 6.29. The monoisotopic (exact) mass is 318 g/mol. The zero-order chi connectivity index (χ0) is 15.7. The summed E-state index contributed by atoms with van der Waals surface area (Å²) >= 11 is 1.23. The van der Waals surface area contributed by atoms with Crippen LogP contribution in [-0.2, 0) is 6.42 Å². The Labute approximate surface area is 130 Å². The van der Waals surface area contributed by atoms with Crippen molar-refractivity contribution in [2.75, 3.05) is 6.54 Å². The number of halogens is 1. The molecule has 3 aromatic rings. The molecule has 22 heavy (non-hydrogen) atoms. The number of hydrogen-bond acceptors (Lipinski definition) is 5. The third-order valence-corrected chi connectivity index (χ3v) is 4.57. The number of H-pyrrole nitrogens is 1. The third-order valence-electron chi connectivity index (χ3n) is 3.41. The van der Waals surface area contributed by atoms with Gasteiger partial charge in [0.15, 0.2) is 0 Å². The first-order valence-corrected chi connectivity index (χ1v) is 7.73. The van der Waals surface area contributed by atoms with E-state index in [2.05, 4.69) is 15.0 Å². The van der Waals surface area contributed by atoms with Gasteiger partial charge in [-0.15, -0.1) is 11.3 Å². The molecular weight excluding hydrogens is 303 g/mol. The molecule has 0 spiro atoms. The fourth-order valence-corrected chi connectivity index (χ4v) is 3.22. The van der Waals surface area contributed by atoms with Crippen molar-refractivity contribution in [2.45, 2.75) is 13.3 Å². The number of hydrogen-bond donors (Lipinski definition) is 2. The highest BCUT2D eigenvalue weighted by Crippen LogP contribution is 2.32. The largest absolute Gasteiger partial charge is 0.330 e. The van der Waals surface area contributed by atoms with Gasteiger partial charge in [0.1, 0.15) is 16.3 Å². The molecule has 7 heteroatoms. The van der Waals surface area contributed by atoms with Gasteiger partial charge in [-0.1, -0.05) is 6.92 Å². The van der Waals surface area contributed by atoms with Gasteiger partial charge in [0.05, 0.1) is 11.7 Å². The van der Waals surface area contributed by atoms with Crippen LogP contribution < -0.4 is 11.3 Å². The number of pyridine rings is 1. The summed E-state index contributed by atoms with van der Waals surface area (Å²) in [6.07, 6.45) is 3.29. The molecule has 0 aliphatic rings. The minimum absolute atomic E-state index is 0.199. The van der Waals surface area contributed by atoms with Gasteiger partial charge >= 0.3 is 0 Å². The van der Waals surface area contributed by atoms with Gasteiger partial charge < -0.3 is 10.7 Å². The number of fused-ring (bicyclic) bond motifs is 1. The molecule has 0 amide bonds. The van der Waals surface area contributed by atoms with E-state index in [1.165, 1.54) is 17.5 Å². The Morgan fingerprint density at radius 3 is 3.05 bits per heavy atom. The van der Waals surface area contributed by atoms with Crippen LogP contribution in [0, 0.1) is 11.7 Å². The van der Waals surface area contributed by atoms with Crippen molar-refractivity contribution < 1.29 is 4.39 Å². The van der Waals surface area contributed by atoms with Gasteiger partial charge in [-0.25, -0.2) is 9.37 Å². The Morgan fingerprint density at radius 1 is 1.50 bits per heavy atom. The second-order valence-electron chi connectivity index (χ2n) is 5.24. The highest BCUT2D eigenvalue weighted by atomic mass is 32.1. The zero-order valence-corrected chi connectivity index (χ0v) is 12.8. The number of nitrogens with one attached hydrogen (secondary N) is 1. The fourth-order valence-electron chi connectivity index (χ4n) is 2.21. The van der Waals surface area contributed by atoms with Crippen LogP contribution in [0.15, 0.2) is 29.3 Å². The normalized spacial score (nSPS) is 12.7. The highest BCUT2D eigenvalue weighted by Gasteiger charge is 2.13. The van der Waals surface area contributed by atoms with Crippen molar-refractivity contribution in [3.63, 3.8) is 0 Å². The molecule has 0 saturated heterocycles. The standard InChI is InChI=1S/C15H15FN4OS/c1-8(6-17)4-13-19-11-5-12(22-14(11)15(21)20-13)9-2-3-18-7-10(9)16/h2-3,5,7-8H,4,6,17H2,1H3,(H,19,20,21)/t8-/m1/s1. The molecule has 0 radical (unpaired) electrons. The van der Waals surface area contributed by atoms with Crippen molar-refractivity contribution in [3.05, 3.63) is 46.5 Å². The minimum atomic E-state index is -0.414. The maximum Gasteiger partial charge on any atom is 0.268 e. The zero-order valence-electron chi connectivity index (χ0n) is 12.0. The summed E-state index contributed by atoms with van der Waals surface area (Å²) in [6, 6.07) is 3.33. The lowest BCUT2D eigenvalue weighted by Crippen LogP contribution is -2.17. The molecule has 0 aliphatic heterocycles. The summed E-state index contributed by atoms with van der Waals surface area (Å²) < 4.78 is 14.3. The van der Waals surface area contributed by atoms with E-state index < -0.39 is 5.82 Å². The van der Waals surface area contributed by atoms with Crippen molar-refractivity contribution >= 4 is 21.6 Å². The molecule has 3 heterocycles. The van der Waals surface area contributed by atoms with Crippen LogP contribution in [0.5, 0.6) is 0 Å². The average molecular weight is 318 g/mol. The summed E-state index contributed by atoms with van der Waals surface area (Å²) in [7, 11) is 0. The fraction of sp³-hybridized carbons (Fsp3) is 0.267. The first kappa shape index (κ1) is 14.8. The number of nitrogens with two attached hydrogens (primary N) is 1. The van der Waals surface area contributed by atoms with E-state index in [4.69, 9.17) is 5.73 Å². The number of rotatable bonds is 4. The maximum absolute atomic E-state index is 13.8. The molecule has 0 aromatic carbocycles. The molecule has 1 atom stereocenters. The van der Waals surface area contributed by atoms with E-state index in [9.17, 15) is 9.18 Å². The van der Waals surface area contributed by atoms with Gasteiger partial charge in [-0.05, 0) is 24.6 Å². The van der Waals surface area contributed by atoms with Crippen molar-refractivity contribution in [1.29, 1.82) is 0 Å². The molecule has 5 nitrogen and oxygen atoms in total. The summed E-state index contributed by atoms with van der Waals surface area (Å²) in [6.45, 7) is 2.52. The Balaban J connectivity index is 2.08. The molecule has 0 fully saturated rings. The maximum atomic E-state index is 13.8. The summed E-state index contributed by atoms with van der Waals surface area (Å²) in [5, 5.41) is 0. The lowest BCUT2D eigenvalue weighted by Gasteiger charge is -2.06. The van der Waals surface area contributed by atoms with Crippen LogP contribution >= 0.6 is 11.3 Å². The van der Waals surface area contributed by atoms with E-state index in [-0.39, 0.29) is 11.5 Å². The van der Waals surface area contributed by atoms with Crippen LogP contribution in [0.25, 0.3) is 20.7 Å². The highest BCUT2D eigenvalue weighted by molar-refractivity contribution is 7.22. The van der Waals surface area contributed by atoms with Gasteiger partial charge in [-0.2, -0.15) is 0 Å². The van der Waals surface area contributed by atoms with Crippen LogP contribution in [0.1, 0.15) is 12.7 Å². The molecular formula is C15H15FN4OS. The van der Waals surface area contributed by atoms with E-state index in [0.29, 0.717) is 39.4 Å². The van der Waals surface area contributed by atoms with Crippen molar-refractivity contribution in [1.82, 2.24) is 15.0 Å². The second kappa shape index (κ2) is 5.94. The molecule has 3 aromatic heterocycles. The van der Waals surface area contributed by atoms with Crippen LogP contribution in [0.4, 0.5) is 4.39 Å². The molecule has 0 bridgehead atoms. The average Bonchev–Trinajstić information content (AvgIpc) is 2.92. The number of aromatic nitrogens is 3. The first-order chi connectivity index (χ1) is 10.6. The molecule has 3 rings (SSSR count). The van der Waals surface area contributed by atoms with Crippen LogP contribution in [-0.4, -0.2) is 21.5 Å². The number of nitrogens with zero attached hydrogens (tertiary/aromatic N) is 2. The van der Waals surface area contributed by atoms with E-state index in [1.807, 2.05) is 6.92 Å². The van der Waals surface area contributed by atoms with Crippen LogP contribution in [0.2, 0.25) is 0 Å². The molecule has 0 unspecified atom stereocenters. The quantitative estimate of drug-likeness (QED) is 0.773. The topological polar surface area (TPSA) is 84.7 Å². The van der Waals surface area contributed by atoms with Crippen molar-refractivity contribution in [3.8, 4) is 10.4 Å². The van der Waals surface area contributed by atoms with Crippen LogP contribution in [0.3, 0.4) is 0 Å². The number of aromatic amines is 1. The summed E-state index contributed by atoms with van der Waals surface area (Å²) in [5.74, 6) is 0.425. The van der Waals surface area contributed by atoms with Crippen molar-refractivity contribution in [2.24, 2.45) is 11.7 Å². The minimum Gasteiger partial charge on any atom is -0.330 e. The van der Waals surface area contributed by atoms with Gasteiger partial charge in [0.25, 0.3) is 5.56 Å². The summed E-state index contributed by atoms with van der Waals surface area (Å²) in [4.78, 5) is 23.8. The van der Waals surface area contributed by atoms with Gasteiger partial charge in [-0.3, -0.25) is 9.78 Å². The molecule has 3 N–H and O–H groups in total. The Hall–Kier alpha value is -2.12. The molecule has 114 valence electrons. The SMILES string of the molecule is C[C@@H](CN)Cc1nc2cc(-c3ccncc3F)sc2c(=O)[nH]1. The third kappa shape index (κ3) is 2.77. The van der Waals surface area contributed by atoms with Gasteiger partial charge in [0, 0.05) is 23.1 Å². The van der Waals surface area contributed by atoms with E-state index in [1.54, 1.807) is 12.1 Å². The van der Waals surface area contributed by atoms with E-state index in [0.717, 1.165) is 6.20 Å². The Bertz CT molecular complexity index is 873. The molecule has 0 saturated carbocycles. The predicted octanol–water partition coefficient (Wildman–Crippen LogP) is 2.32. The summed E-state index contributed by atoms with van der Waals surface area (Å²) in [5.41, 5.74) is 6.41. The Kier molecular flexibility index (Phi) is 4.00. The molecule has 0 aliphatic carbocycles. The predicted molar refractivity (Wildman–Crippen MR) is 85.4 cm³/mol. The number of thiophene rings is 1. The smallest absolute Gasteiger partial charge is 0.268 e. The van der Waals surface area contributed by atoms with Gasteiger partial charge in [0.2, 0.25) is 0 Å². The Morgan fingerprint density at radius 2 is 2.32 bits per heavy atom. The lowest BCUT2D eigenvalue weighted by molar-refractivity contribution is 0.574. The van der Waals surface area contributed by atoms with E-state index >= 15 is 0 Å². The first-order valence-electron chi connectivity index (χ1n) is 6.91. The lowest BCUT2D eigenvalue weighted by atomic mass is 10.1.